The molecule has 0 atom stereocenters. The van der Waals surface area contributed by atoms with E-state index in [1.165, 1.54) is 0 Å². The second-order valence-corrected chi connectivity index (χ2v) is 4.88. The summed E-state index contributed by atoms with van der Waals surface area (Å²) in [7, 11) is 1.82. The maximum Gasteiger partial charge on any atom is 0.244 e. The van der Waals surface area contributed by atoms with Gasteiger partial charge in [0.1, 0.15) is 6.54 Å². The second kappa shape index (κ2) is 4.85. The summed E-state index contributed by atoms with van der Waals surface area (Å²) in [6.07, 6.45) is 3.41. The molecule has 0 saturated heterocycles. The first kappa shape index (κ1) is 12.5. The van der Waals surface area contributed by atoms with Gasteiger partial charge in [0, 0.05) is 24.5 Å². The van der Waals surface area contributed by atoms with E-state index in [0.29, 0.717) is 12.2 Å². The van der Waals surface area contributed by atoms with Crippen molar-refractivity contribution in [3.8, 4) is 0 Å². The van der Waals surface area contributed by atoms with Gasteiger partial charge in [-0.3, -0.25) is 9.48 Å². The van der Waals surface area contributed by atoms with Crippen LogP contribution in [0.1, 0.15) is 5.69 Å². The van der Waals surface area contributed by atoms with Gasteiger partial charge in [-0.05, 0) is 24.4 Å². The Labute approximate surface area is 116 Å². The number of carbonyl (C=O) groups is 1. The molecule has 0 spiro atoms. The van der Waals surface area contributed by atoms with E-state index in [2.05, 4.69) is 22.5 Å². The highest BCUT2D eigenvalue weighted by Gasteiger charge is 2.10. The molecule has 3 rings (SSSR count). The fourth-order valence-corrected chi connectivity index (χ4v) is 2.39. The molecular formula is C15H16N4O. The average molecular weight is 268 g/mol. The Balaban J connectivity index is 1.82. The zero-order valence-corrected chi connectivity index (χ0v) is 11.5. The molecule has 2 heterocycles. The van der Waals surface area contributed by atoms with Gasteiger partial charge in [0.25, 0.3) is 0 Å². The molecule has 1 N–H and O–H groups in total. The molecule has 0 fully saturated rings. The Hall–Kier alpha value is -2.56. The van der Waals surface area contributed by atoms with Gasteiger partial charge in [-0.1, -0.05) is 18.2 Å². The number of para-hydroxylation sites is 1. The Morgan fingerprint density at radius 2 is 2.15 bits per heavy atom. The largest absolute Gasteiger partial charge is 0.335 e. The zero-order valence-electron chi connectivity index (χ0n) is 11.5. The summed E-state index contributed by atoms with van der Waals surface area (Å²) in [5.41, 5.74) is 2.87. The molecule has 0 aliphatic carbocycles. The average Bonchev–Trinajstić information content (AvgIpc) is 2.94. The predicted octanol–water partition coefficient (Wildman–Crippen LogP) is 2.32. The van der Waals surface area contributed by atoms with Gasteiger partial charge in [-0.2, -0.15) is 5.10 Å². The van der Waals surface area contributed by atoms with Crippen molar-refractivity contribution in [3.05, 3.63) is 48.4 Å². The normalized spacial score (nSPS) is 10.9. The third kappa shape index (κ3) is 2.30. The molecule has 0 aliphatic heterocycles. The van der Waals surface area contributed by atoms with Gasteiger partial charge in [0.05, 0.1) is 11.9 Å². The lowest BCUT2D eigenvalue weighted by Crippen LogP contribution is -2.19. The summed E-state index contributed by atoms with van der Waals surface area (Å²) in [5, 5.41) is 8.03. The first-order chi connectivity index (χ1) is 9.63. The molecule has 0 radical (unpaired) electrons. The molecule has 5 heteroatoms. The number of fused-ring (bicyclic) bond motifs is 1. The monoisotopic (exact) mass is 268 g/mol. The first-order valence-electron chi connectivity index (χ1n) is 6.47. The first-order valence-corrected chi connectivity index (χ1v) is 6.47. The second-order valence-electron chi connectivity index (χ2n) is 4.88. The number of rotatable bonds is 3. The van der Waals surface area contributed by atoms with Gasteiger partial charge >= 0.3 is 0 Å². The van der Waals surface area contributed by atoms with Crippen molar-refractivity contribution in [1.29, 1.82) is 0 Å². The summed E-state index contributed by atoms with van der Waals surface area (Å²) < 4.78 is 3.67. The van der Waals surface area contributed by atoms with Crippen molar-refractivity contribution in [2.75, 3.05) is 5.32 Å². The minimum atomic E-state index is -0.0533. The molecule has 3 aromatic rings. The maximum absolute atomic E-state index is 12.1. The smallest absolute Gasteiger partial charge is 0.244 e. The minimum absolute atomic E-state index is 0.0533. The van der Waals surface area contributed by atoms with E-state index in [4.69, 9.17) is 0 Å². The molecule has 20 heavy (non-hydrogen) atoms. The molecule has 102 valence electrons. The number of aromatic nitrogens is 3. The van der Waals surface area contributed by atoms with Gasteiger partial charge in [-0.15, -0.1) is 0 Å². The molecule has 0 aliphatic rings. The van der Waals surface area contributed by atoms with Crippen molar-refractivity contribution < 1.29 is 4.79 Å². The number of hydrogen-bond acceptors (Lipinski definition) is 2. The molecule has 5 nitrogen and oxygen atoms in total. The molecular weight excluding hydrogens is 252 g/mol. The van der Waals surface area contributed by atoms with Crippen LogP contribution < -0.4 is 5.32 Å². The maximum atomic E-state index is 12.1. The van der Waals surface area contributed by atoms with E-state index in [1.807, 2.05) is 36.7 Å². The Bertz CT molecular complexity index is 769. The van der Waals surface area contributed by atoms with Crippen LogP contribution in [0, 0.1) is 6.92 Å². The minimum Gasteiger partial charge on any atom is -0.335 e. The molecule has 1 amide bonds. The van der Waals surface area contributed by atoms with Crippen LogP contribution in [0.2, 0.25) is 0 Å². The lowest BCUT2D eigenvalue weighted by molar-refractivity contribution is -0.116. The Morgan fingerprint density at radius 1 is 1.35 bits per heavy atom. The third-order valence-electron chi connectivity index (χ3n) is 3.31. The highest BCUT2D eigenvalue weighted by molar-refractivity contribution is 5.92. The molecule has 1 aromatic carbocycles. The predicted molar refractivity (Wildman–Crippen MR) is 78.5 cm³/mol. The van der Waals surface area contributed by atoms with E-state index in [-0.39, 0.29) is 5.91 Å². The van der Waals surface area contributed by atoms with E-state index in [0.717, 1.165) is 16.6 Å². The van der Waals surface area contributed by atoms with E-state index in [1.54, 1.807) is 17.1 Å². The summed E-state index contributed by atoms with van der Waals surface area (Å²) in [4.78, 5) is 12.1. The van der Waals surface area contributed by atoms with Gasteiger partial charge in [0.2, 0.25) is 5.91 Å². The van der Waals surface area contributed by atoms with Crippen LogP contribution in [-0.4, -0.2) is 20.3 Å². The zero-order chi connectivity index (χ0) is 14.1. The number of benzene rings is 1. The molecule has 0 saturated carbocycles. The topological polar surface area (TPSA) is 51.9 Å². The highest BCUT2D eigenvalue weighted by Crippen LogP contribution is 2.19. The Kier molecular flexibility index (Phi) is 3.02. The lowest BCUT2D eigenvalue weighted by Gasteiger charge is -2.08. The van der Waals surface area contributed by atoms with Gasteiger partial charge < -0.3 is 9.88 Å². The van der Waals surface area contributed by atoms with E-state index >= 15 is 0 Å². The van der Waals surface area contributed by atoms with Crippen LogP contribution >= 0.6 is 0 Å². The van der Waals surface area contributed by atoms with Crippen molar-refractivity contribution >= 4 is 22.5 Å². The van der Waals surface area contributed by atoms with Gasteiger partial charge in [0.15, 0.2) is 0 Å². The molecule has 2 aromatic heterocycles. The van der Waals surface area contributed by atoms with Crippen LogP contribution in [0.25, 0.3) is 10.9 Å². The van der Waals surface area contributed by atoms with E-state index < -0.39 is 0 Å². The third-order valence-corrected chi connectivity index (χ3v) is 3.31. The summed E-state index contributed by atoms with van der Waals surface area (Å²) in [5.74, 6) is -0.0533. The number of anilines is 1. The standard InChI is InChI=1S/C15H16N4O/c1-11-7-12-5-3-4-6-14(12)19(11)10-15(20)17-13-8-16-18(2)9-13/h3-9H,10H2,1-2H3,(H,17,20). The SMILES string of the molecule is Cc1cc2ccccc2n1CC(=O)Nc1cnn(C)c1. The number of amides is 1. The fraction of sp³-hybridized carbons (Fsp3) is 0.200. The Morgan fingerprint density at radius 3 is 2.90 bits per heavy atom. The number of aryl methyl sites for hydroxylation is 2. The lowest BCUT2D eigenvalue weighted by atomic mass is 10.2. The quantitative estimate of drug-likeness (QED) is 0.792. The van der Waals surface area contributed by atoms with E-state index in [9.17, 15) is 4.79 Å². The summed E-state index contributed by atoms with van der Waals surface area (Å²) in [6.45, 7) is 2.31. The molecule has 0 unspecified atom stereocenters. The fourth-order valence-electron chi connectivity index (χ4n) is 2.39. The van der Waals surface area contributed by atoms with Crippen LogP contribution in [0.5, 0.6) is 0 Å². The van der Waals surface area contributed by atoms with Crippen LogP contribution in [0.15, 0.2) is 42.7 Å². The van der Waals surface area contributed by atoms with Gasteiger partial charge in [-0.25, -0.2) is 0 Å². The van der Waals surface area contributed by atoms with Crippen molar-refractivity contribution in [3.63, 3.8) is 0 Å². The van der Waals surface area contributed by atoms with Crippen molar-refractivity contribution in [2.45, 2.75) is 13.5 Å². The number of nitrogens with one attached hydrogen (secondary N) is 1. The van der Waals surface area contributed by atoms with Crippen LogP contribution in [0.4, 0.5) is 5.69 Å². The number of carbonyl (C=O) groups excluding carboxylic acids is 1. The van der Waals surface area contributed by atoms with Crippen molar-refractivity contribution in [1.82, 2.24) is 14.3 Å². The molecule has 0 bridgehead atoms. The highest BCUT2D eigenvalue weighted by atomic mass is 16.1. The number of hydrogen-bond donors (Lipinski definition) is 1. The van der Waals surface area contributed by atoms with Crippen molar-refractivity contribution in [2.24, 2.45) is 7.05 Å². The summed E-state index contributed by atoms with van der Waals surface area (Å²) >= 11 is 0. The van der Waals surface area contributed by atoms with Crippen LogP contribution in [0.3, 0.4) is 0 Å². The van der Waals surface area contributed by atoms with Crippen LogP contribution in [-0.2, 0) is 18.4 Å². The summed E-state index contributed by atoms with van der Waals surface area (Å²) in [6, 6.07) is 10.2. The number of nitrogens with zero attached hydrogens (tertiary/aromatic N) is 3.